The number of pyridine rings is 1. The number of aromatic nitrogens is 1. The van der Waals surface area contributed by atoms with Crippen molar-refractivity contribution in [2.75, 3.05) is 7.05 Å². The standard InChI is InChI=1S/C20H13N2S.C14H14N.Ir/c1-21-13-22(18-8-4-3-7-17(18)21)14-10-11-16-15-6-2-5-9-19(15)23-20(16)12-14;1-10-4-6-13(7-5-10)14-8-11(2)12(3)9-15-14;/h2-9,11-12H,1H3;4-6,8-9H,1-3H3;/q+1;-1;. The number of rotatable bonds is 2. The van der Waals surface area contributed by atoms with E-state index in [2.05, 4.69) is 127 Å². The molecule has 1 aliphatic heterocycles. The molecule has 0 spiro atoms. The molecule has 1 aliphatic rings. The normalized spacial score (nSPS) is 11.8. The summed E-state index contributed by atoms with van der Waals surface area (Å²) in [6, 6.07) is 39.5. The molecule has 4 aromatic carbocycles. The minimum atomic E-state index is 0. The van der Waals surface area contributed by atoms with E-state index in [0.717, 1.165) is 28.3 Å². The maximum Gasteiger partial charge on any atom is 0.494 e. The number of hydrogen-bond acceptors (Lipinski definition) is 2. The number of hydrogen-bond donors (Lipinski definition) is 0. The molecule has 7 rings (SSSR count). The fourth-order valence-electron chi connectivity index (χ4n) is 4.59. The molecule has 1 radical (unpaired) electrons. The van der Waals surface area contributed by atoms with Crippen molar-refractivity contribution in [3.8, 4) is 11.3 Å². The molecule has 193 valence electrons. The van der Waals surface area contributed by atoms with Crippen molar-refractivity contribution in [1.82, 2.24) is 9.56 Å². The third-order valence-electron chi connectivity index (χ3n) is 6.89. The molecule has 0 bridgehead atoms. The second kappa shape index (κ2) is 11.2. The van der Waals surface area contributed by atoms with Crippen LogP contribution in [0, 0.1) is 32.9 Å². The van der Waals surface area contributed by atoms with Gasteiger partial charge in [-0.1, -0.05) is 74.2 Å². The maximum absolute atomic E-state index is 4.41. The Morgan fingerprint density at radius 3 is 2.31 bits per heavy atom. The van der Waals surface area contributed by atoms with Crippen LogP contribution in [0.2, 0.25) is 0 Å². The van der Waals surface area contributed by atoms with E-state index in [0.29, 0.717) is 0 Å². The van der Waals surface area contributed by atoms with E-state index in [9.17, 15) is 0 Å². The Balaban J connectivity index is 0.000000169. The van der Waals surface area contributed by atoms with E-state index in [1.54, 1.807) is 0 Å². The number of aryl methyl sites for hydroxylation is 3. The maximum atomic E-state index is 4.41. The Hall–Kier alpha value is -3.72. The van der Waals surface area contributed by atoms with Gasteiger partial charge in [-0.3, -0.25) is 0 Å². The van der Waals surface area contributed by atoms with E-state index in [1.807, 2.05) is 35.2 Å². The summed E-state index contributed by atoms with van der Waals surface area (Å²) < 4.78 is 6.71. The largest absolute Gasteiger partial charge is 0.494 e. The van der Waals surface area contributed by atoms with Gasteiger partial charge in [-0.05, 0) is 31.2 Å². The Labute approximate surface area is 246 Å². The molecular weight excluding hydrogens is 675 g/mol. The first kappa shape index (κ1) is 26.9. The molecule has 0 saturated heterocycles. The number of nitrogens with zero attached hydrogens (tertiary/aromatic N) is 3. The van der Waals surface area contributed by atoms with Gasteiger partial charge in [0.25, 0.3) is 11.4 Å². The molecule has 3 nitrogen and oxygen atoms in total. The molecule has 2 aromatic heterocycles. The molecule has 6 aromatic rings. The molecule has 0 fully saturated rings. The molecule has 0 saturated carbocycles. The van der Waals surface area contributed by atoms with Crippen molar-refractivity contribution in [1.29, 1.82) is 0 Å². The molecular formula is C34H27IrN3S. The predicted octanol–water partition coefficient (Wildman–Crippen LogP) is 8.62. The predicted molar refractivity (Wildman–Crippen MR) is 160 cm³/mol. The van der Waals surface area contributed by atoms with Gasteiger partial charge in [-0.15, -0.1) is 46.8 Å². The number of thiophene rings is 1. The quantitative estimate of drug-likeness (QED) is 0.131. The van der Waals surface area contributed by atoms with Crippen molar-refractivity contribution in [2.45, 2.75) is 20.8 Å². The first-order valence-corrected chi connectivity index (χ1v) is 13.4. The summed E-state index contributed by atoms with van der Waals surface area (Å²) in [6.45, 7) is 6.24. The van der Waals surface area contributed by atoms with Crippen LogP contribution >= 0.6 is 11.3 Å². The van der Waals surface area contributed by atoms with Gasteiger partial charge in [0.15, 0.2) is 7.05 Å². The van der Waals surface area contributed by atoms with Crippen molar-refractivity contribution in [3.63, 3.8) is 0 Å². The summed E-state index contributed by atoms with van der Waals surface area (Å²) in [6.07, 6.45) is 1.92. The van der Waals surface area contributed by atoms with Crippen LogP contribution in [0.25, 0.3) is 31.4 Å². The second-order valence-corrected chi connectivity index (χ2v) is 10.7. The number of fused-ring (bicyclic) bond motifs is 4. The third-order valence-corrected chi connectivity index (χ3v) is 8.02. The Bertz CT molecular complexity index is 1890. The number of para-hydroxylation sites is 2. The third kappa shape index (κ3) is 5.28. The van der Waals surface area contributed by atoms with Gasteiger partial charge in [-0.25, -0.2) is 0 Å². The molecule has 0 unspecified atom stereocenters. The molecule has 0 N–H and O–H groups in total. The van der Waals surface area contributed by atoms with E-state index in [4.69, 9.17) is 0 Å². The van der Waals surface area contributed by atoms with Crippen LogP contribution in [0.3, 0.4) is 0 Å². The molecule has 0 amide bonds. The average Bonchev–Trinajstić information content (AvgIpc) is 3.48. The minimum absolute atomic E-state index is 0. The summed E-state index contributed by atoms with van der Waals surface area (Å²) >= 11 is 1.83. The zero-order valence-corrected chi connectivity index (χ0v) is 25.5. The minimum Gasteiger partial charge on any atom is -0.304 e. The van der Waals surface area contributed by atoms with Crippen LogP contribution in [0.4, 0.5) is 17.1 Å². The van der Waals surface area contributed by atoms with E-state index in [-0.39, 0.29) is 20.1 Å². The number of benzene rings is 4. The molecule has 0 atom stereocenters. The topological polar surface area (TPSA) is 18.9 Å². The van der Waals surface area contributed by atoms with Gasteiger partial charge in [-0.2, -0.15) is 17.4 Å². The molecule has 5 heteroatoms. The van der Waals surface area contributed by atoms with Gasteiger partial charge < -0.3 is 4.98 Å². The smallest absolute Gasteiger partial charge is 0.304 e. The first-order valence-electron chi connectivity index (χ1n) is 12.6. The second-order valence-electron chi connectivity index (χ2n) is 9.61. The first-order chi connectivity index (χ1) is 18.5. The van der Waals surface area contributed by atoms with E-state index >= 15 is 0 Å². The van der Waals surface area contributed by atoms with Crippen molar-refractivity contribution in [3.05, 3.63) is 120 Å². The van der Waals surface area contributed by atoms with Gasteiger partial charge >= 0.3 is 6.01 Å². The van der Waals surface area contributed by atoms with Crippen LogP contribution in [-0.2, 0) is 20.1 Å². The van der Waals surface area contributed by atoms with Crippen molar-refractivity contribution in [2.24, 2.45) is 0 Å². The summed E-state index contributed by atoms with van der Waals surface area (Å²) in [5.41, 5.74) is 9.12. The van der Waals surface area contributed by atoms with Crippen molar-refractivity contribution >= 4 is 54.6 Å². The van der Waals surface area contributed by atoms with Crippen molar-refractivity contribution < 1.29 is 24.7 Å². The molecule has 3 heterocycles. The van der Waals surface area contributed by atoms with Crippen LogP contribution in [0.15, 0.2) is 91.1 Å². The average molecular weight is 702 g/mol. The summed E-state index contributed by atoms with van der Waals surface area (Å²) in [7, 11) is 2.02. The van der Waals surface area contributed by atoms with E-state index < -0.39 is 0 Å². The van der Waals surface area contributed by atoms with Gasteiger partial charge in [0.1, 0.15) is 5.69 Å². The van der Waals surface area contributed by atoms with Crippen LogP contribution in [0.1, 0.15) is 16.7 Å². The van der Waals surface area contributed by atoms with Gasteiger partial charge in [0.2, 0.25) is 0 Å². The Morgan fingerprint density at radius 2 is 1.54 bits per heavy atom. The summed E-state index contributed by atoms with van der Waals surface area (Å²) in [5.74, 6) is 0. The summed E-state index contributed by atoms with van der Waals surface area (Å²) in [5, 5.41) is 2.58. The van der Waals surface area contributed by atoms with Crippen LogP contribution in [-0.4, -0.2) is 22.6 Å². The van der Waals surface area contributed by atoms with Gasteiger partial charge in [0, 0.05) is 43.1 Å². The SMILES string of the molecule is C[N+]1=C=[N+](c2[c-]cc3c(c2)sc2ccccc23)c2ccccc21.Cc1c[c-]c(-c2cc(C)c(C)cn2)cc1.[Ir]. The van der Waals surface area contributed by atoms with E-state index in [1.165, 1.54) is 36.9 Å². The monoisotopic (exact) mass is 702 g/mol. The Morgan fingerprint density at radius 1 is 0.769 bits per heavy atom. The molecule has 0 aliphatic carbocycles. The Kier molecular flexibility index (Phi) is 7.70. The molecule has 39 heavy (non-hydrogen) atoms. The fourth-order valence-corrected chi connectivity index (χ4v) is 5.71. The fraction of sp³-hybridized carbons (Fsp3) is 0.118. The van der Waals surface area contributed by atoms with Crippen LogP contribution < -0.4 is 4.58 Å². The van der Waals surface area contributed by atoms with Crippen LogP contribution in [0.5, 0.6) is 0 Å². The summed E-state index contributed by atoms with van der Waals surface area (Å²) in [4.78, 5) is 4.41. The van der Waals surface area contributed by atoms with Gasteiger partial charge in [0.05, 0.1) is 0 Å². The zero-order valence-electron chi connectivity index (χ0n) is 22.2. The zero-order chi connectivity index (χ0) is 26.2.